The second kappa shape index (κ2) is 7.32. The van der Waals surface area contributed by atoms with Crippen LogP contribution in [0.5, 0.6) is 17.2 Å². The molecule has 8 heteroatoms. The van der Waals surface area contributed by atoms with Crippen LogP contribution in [0.3, 0.4) is 0 Å². The van der Waals surface area contributed by atoms with Gasteiger partial charge in [-0.15, -0.1) is 0 Å². The summed E-state index contributed by atoms with van der Waals surface area (Å²) in [5, 5.41) is 5.28. The predicted octanol–water partition coefficient (Wildman–Crippen LogP) is 3.96. The van der Waals surface area contributed by atoms with Crippen LogP contribution in [-0.4, -0.2) is 42.2 Å². The lowest BCUT2D eigenvalue weighted by Gasteiger charge is -2.13. The van der Waals surface area contributed by atoms with E-state index in [1.807, 2.05) is 42.5 Å². The summed E-state index contributed by atoms with van der Waals surface area (Å²) in [5.74, 6) is 1.57. The molecule has 0 N–H and O–H groups in total. The summed E-state index contributed by atoms with van der Waals surface area (Å²) in [5.41, 5.74) is 2.68. The number of aromatic nitrogens is 3. The Bertz CT molecular complexity index is 1130. The molecule has 0 fully saturated rings. The molecule has 0 spiro atoms. The van der Waals surface area contributed by atoms with E-state index >= 15 is 0 Å². The fourth-order valence-corrected chi connectivity index (χ4v) is 3.89. The van der Waals surface area contributed by atoms with Crippen LogP contribution in [0.25, 0.3) is 26.8 Å². The van der Waals surface area contributed by atoms with Crippen molar-refractivity contribution in [1.29, 1.82) is 0 Å². The minimum atomic E-state index is 0.413. The lowest BCUT2D eigenvalue weighted by Crippen LogP contribution is -1.96. The molecule has 142 valence electrons. The standard InChI is InChI=1S/C20H17N3O4S/c1-25-15-9-13(10-16(26-2)18(15)27-3)19-22-23-14(11-24)17(21-20(23)28-19)12-7-5-4-6-8-12/h4-11H,1-3H3. The van der Waals surface area contributed by atoms with Crippen LogP contribution in [-0.2, 0) is 0 Å². The lowest BCUT2D eigenvalue weighted by atomic mass is 10.1. The first-order valence-corrected chi connectivity index (χ1v) is 9.22. The molecule has 0 unspecified atom stereocenters. The van der Waals surface area contributed by atoms with Crippen molar-refractivity contribution in [2.45, 2.75) is 0 Å². The fourth-order valence-electron chi connectivity index (χ4n) is 3.00. The number of hydrogen-bond acceptors (Lipinski definition) is 7. The van der Waals surface area contributed by atoms with Crippen LogP contribution < -0.4 is 14.2 Å². The summed E-state index contributed by atoms with van der Waals surface area (Å²) in [6.07, 6.45) is 0.779. The molecule has 28 heavy (non-hydrogen) atoms. The number of methoxy groups -OCH3 is 3. The molecule has 0 aliphatic rings. The number of rotatable bonds is 6. The van der Waals surface area contributed by atoms with Gasteiger partial charge in [0.25, 0.3) is 0 Å². The highest BCUT2D eigenvalue weighted by Crippen LogP contribution is 2.42. The third-order valence-electron chi connectivity index (χ3n) is 4.31. The van der Waals surface area contributed by atoms with Crippen molar-refractivity contribution < 1.29 is 19.0 Å². The number of fused-ring (bicyclic) bond motifs is 1. The van der Waals surface area contributed by atoms with Gasteiger partial charge in [0.05, 0.1) is 21.3 Å². The molecule has 0 saturated carbocycles. The fraction of sp³-hybridized carbons (Fsp3) is 0.150. The number of ether oxygens (including phenoxy) is 3. The Balaban J connectivity index is 1.86. The Morgan fingerprint density at radius 1 is 0.964 bits per heavy atom. The normalized spacial score (nSPS) is 10.8. The van der Waals surface area contributed by atoms with Crippen molar-refractivity contribution in [3.05, 3.63) is 48.2 Å². The number of imidazole rings is 1. The SMILES string of the molecule is COc1cc(-c2nn3c(C=O)c(-c4ccccc4)nc3s2)cc(OC)c1OC. The highest BCUT2D eigenvalue weighted by atomic mass is 32.1. The van der Waals surface area contributed by atoms with Gasteiger partial charge >= 0.3 is 0 Å². The maximum Gasteiger partial charge on any atom is 0.213 e. The minimum absolute atomic E-state index is 0.413. The number of benzene rings is 2. The summed E-state index contributed by atoms with van der Waals surface area (Å²) in [6.45, 7) is 0. The molecule has 4 aromatic rings. The topological polar surface area (TPSA) is 75.0 Å². The van der Waals surface area contributed by atoms with Crippen LogP contribution in [0.2, 0.25) is 0 Å². The van der Waals surface area contributed by atoms with E-state index < -0.39 is 0 Å². The largest absolute Gasteiger partial charge is 0.493 e. The smallest absolute Gasteiger partial charge is 0.213 e. The molecular weight excluding hydrogens is 378 g/mol. The first-order valence-electron chi connectivity index (χ1n) is 8.40. The summed E-state index contributed by atoms with van der Waals surface area (Å²) in [6, 6.07) is 13.2. The molecule has 0 amide bonds. The monoisotopic (exact) mass is 395 g/mol. The number of carbonyl (C=O) groups is 1. The molecule has 0 aliphatic heterocycles. The second-order valence-corrected chi connectivity index (χ2v) is 6.80. The van der Waals surface area contributed by atoms with Crippen LogP contribution in [0.4, 0.5) is 0 Å². The van der Waals surface area contributed by atoms with Gasteiger partial charge in [0.2, 0.25) is 10.7 Å². The van der Waals surface area contributed by atoms with E-state index in [1.165, 1.54) is 11.3 Å². The molecule has 2 heterocycles. The number of nitrogens with zero attached hydrogens (tertiary/aromatic N) is 3. The van der Waals surface area contributed by atoms with E-state index in [0.29, 0.717) is 38.6 Å². The van der Waals surface area contributed by atoms with Gasteiger partial charge in [-0.25, -0.2) is 4.98 Å². The zero-order valence-corrected chi connectivity index (χ0v) is 16.3. The quantitative estimate of drug-likeness (QED) is 0.460. The molecular formula is C20H17N3O4S. The van der Waals surface area contributed by atoms with E-state index in [4.69, 9.17) is 14.2 Å². The third-order valence-corrected chi connectivity index (χ3v) is 5.27. The lowest BCUT2D eigenvalue weighted by molar-refractivity contribution is 0.111. The minimum Gasteiger partial charge on any atom is -0.493 e. The molecule has 2 aromatic heterocycles. The highest BCUT2D eigenvalue weighted by Gasteiger charge is 2.20. The van der Waals surface area contributed by atoms with Crippen molar-refractivity contribution in [2.24, 2.45) is 0 Å². The van der Waals surface area contributed by atoms with Crippen molar-refractivity contribution in [1.82, 2.24) is 14.6 Å². The second-order valence-electron chi connectivity index (χ2n) is 5.85. The Hall–Kier alpha value is -3.39. The molecule has 0 bridgehead atoms. The summed E-state index contributed by atoms with van der Waals surface area (Å²) in [7, 11) is 4.68. The molecule has 4 rings (SSSR count). The van der Waals surface area contributed by atoms with Crippen molar-refractivity contribution in [2.75, 3.05) is 21.3 Å². The number of hydrogen-bond donors (Lipinski definition) is 0. The van der Waals surface area contributed by atoms with Crippen molar-refractivity contribution >= 4 is 22.6 Å². The van der Waals surface area contributed by atoms with Gasteiger partial charge < -0.3 is 14.2 Å². The van der Waals surface area contributed by atoms with Crippen LogP contribution in [0, 0.1) is 0 Å². The van der Waals surface area contributed by atoms with E-state index in [1.54, 1.807) is 25.8 Å². The van der Waals surface area contributed by atoms with Crippen molar-refractivity contribution in [3.63, 3.8) is 0 Å². The maximum absolute atomic E-state index is 11.8. The maximum atomic E-state index is 11.8. The van der Waals surface area contributed by atoms with Gasteiger partial charge in [0.15, 0.2) is 17.8 Å². The molecule has 7 nitrogen and oxygen atoms in total. The first-order chi connectivity index (χ1) is 13.7. The van der Waals surface area contributed by atoms with E-state index in [0.717, 1.165) is 17.4 Å². The number of aldehydes is 1. The molecule has 0 saturated heterocycles. The average molecular weight is 395 g/mol. The zero-order valence-electron chi connectivity index (χ0n) is 15.5. The average Bonchev–Trinajstić information content (AvgIpc) is 3.31. The molecule has 0 radical (unpaired) electrons. The Labute approximate surface area is 165 Å². The Kier molecular flexibility index (Phi) is 4.70. The molecule has 0 atom stereocenters. The summed E-state index contributed by atoms with van der Waals surface area (Å²) in [4.78, 5) is 17.0. The molecule has 0 aliphatic carbocycles. The predicted molar refractivity (Wildman–Crippen MR) is 107 cm³/mol. The van der Waals surface area contributed by atoms with E-state index in [9.17, 15) is 4.79 Å². The summed E-state index contributed by atoms with van der Waals surface area (Å²) < 4.78 is 17.8. The molecule has 2 aromatic carbocycles. The van der Waals surface area contributed by atoms with E-state index in [-0.39, 0.29) is 0 Å². The van der Waals surface area contributed by atoms with Gasteiger partial charge in [0, 0.05) is 11.1 Å². The van der Waals surface area contributed by atoms with Gasteiger partial charge in [-0.2, -0.15) is 9.61 Å². The van der Waals surface area contributed by atoms with Crippen LogP contribution in [0.1, 0.15) is 10.5 Å². The van der Waals surface area contributed by atoms with E-state index in [2.05, 4.69) is 10.1 Å². The first kappa shape index (κ1) is 18.0. The van der Waals surface area contributed by atoms with Crippen molar-refractivity contribution in [3.8, 4) is 39.1 Å². The summed E-state index contributed by atoms with van der Waals surface area (Å²) >= 11 is 1.38. The Morgan fingerprint density at radius 3 is 2.21 bits per heavy atom. The van der Waals surface area contributed by atoms with Gasteiger partial charge in [0.1, 0.15) is 16.4 Å². The number of carbonyl (C=O) groups excluding carboxylic acids is 1. The third kappa shape index (κ3) is 2.87. The van der Waals surface area contributed by atoms with Crippen LogP contribution >= 0.6 is 11.3 Å². The highest BCUT2D eigenvalue weighted by molar-refractivity contribution is 7.19. The van der Waals surface area contributed by atoms with Crippen LogP contribution in [0.15, 0.2) is 42.5 Å². The van der Waals surface area contributed by atoms with Gasteiger partial charge in [-0.3, -0.25) is 4.79 Å². The van der Waals surface area contributed by atoms with Gasteiger partial charge in [-0.05, 0) is 12.1 Å². The van der Waals surface area contributed by atoms with Gasteiger partial charge in [-0.1, -0.05) is 41.7 Å². The zero-order chi connectivity index (χ0) is 19.7. The Morgan fingerprint density at radius 2 is 1.64 bits per heavy atom.